The number of halogens is 2. The molecule has 7 nitrogen and oxygen atoms in total. The van der Waals surface area contributed by atoms with Gasteiger partial charge in [-0.2, -0.15) is 0 Å². The molecule has 9 heteroatoms. The lowest BCUT2D eigenvalue weighted by Crippen LogP contribution is -2.45. The van der Waals surface area contributed by atoms with Crippen LogP contribution in [-0.2, 0) is 9.59 Å². The van der Waals surface area contributed by atoms with Crippen molar-refractivity contribution in [3.63, 3.8) is 0 Å². The summed E-state index contributed by atoms with van der Waals surface area (Å²) in [6.45, 7) is 4.20. The van der Waals surface area contributed by atoms with Crippen LogP contribution >= 0.6 is 0 Å². The normalized spacial score (nSPS) is 19.3. The van der Waals surface area contributed by atoms with Crippen LogP contribution in [0.1, 0.15) is 43.6 Å². The van der Waals surface area contributed by atoms with Crippen molar-refractivity contribution in [2.45, 2.75) is 45.2 Å². The molecule has 0 bridgehead atoms. The molecule has 1 aliphatic rings. The lowest BCUT2D eigenvalue weighted by atomic mass is 10.1. The topological polar surface area (TPSA) is 91.4 Å². The Morgan fingerprint density at radius 2 is 2.04 bits per heavy atom. The number of nitrogens with zero attached hydrogens (tertiary/aromatic N) is 2. The molecule has 2 rings (SSSR count). The zero-order chi connectivity index (χ0) is 19.3. The monoisotopic (exact) mass is 368 g/mol. The van der Waals surface area contributed by atoms with Crippen LogP contribution in [-0.4, -0.2) is 52.8 Å². The smallest absolute Gasteiger partial charge is 0.273 e. The highest BCUT2D eigenvalue weighted by Crippen LogP contribution is 2.20. The second kappa shape index (κ2) is 8.68. The van der Waals surface area contributed by atoms with E-state index < -0.39 is 35.3 Å². The minimum atomic E-state index is -1.07. The van der Waals surface area contributed by atoms with Crippen molar-refractivity contribution in [3.05, 3.63) is 29.6 Å². The maximum atomic E-state index is 13.7. The van der Waals surface area contributed by atoms with Crippen molar-refractivity contribution >= 4 is 17.7 Å². The number of pyridine rings is 1. The molecule has 0 aromatic carbocycles. The van der Waals surface area contributed by atoms with E-state index in [2.05, 4.69) is 15.6 Å². The Bertz CT molecular complexity index is 673. The highest BCUT2D eigenvalue weighted by atomic mass is 19.1. The van der Waals surface area contributed by atoms with Crippen LogP contribution in [0.5, 0.6) is 0 Å². The first-order valence-corrected chi connectivity index (χ1v) is 8.56. The Balaban J connectivity index is 2.11. The van der Waals surface area contributed by atoms with Gasteiger partial charge in [-0.15, -0.1) is 0 Å². The number of carbonyl (C=O) groups excluding carboxylic acids is 3. The third kappa shape index (κ3) is 4.53. The minimum absolute atomic E-state index is 0.148. The summed E-state index contributed by atoms with van der Waals surface area (Å²) in [5.74, 6) is -3.23. The number of rotatable bonds is 6. The number of likely N-dealkylation sites (tertiary alicyclic amines) is 1. The molecule has 2 N–H and O–H groups in total. The van der Waals surface area contributed by atoms with E-state index in [0.29, 0.717) is 25.5 Å². The number of likely N-dealkylation sites (N-methyl/N-ethyl adjacent to an activating group) is 1. The molecule has 3 amide bonds. The third-order valence-electron chi connectivity index (χ3n) is 4.10. The average molecular weight is 368 g/mol. The molecule has 1 saturated heterocycles. The molecule has 2 atom stereocenters. The lowest BCUT2D eigenvalue weighted by molar-refractivity contribution is -0.138. The van der Waals surface area contributed by atoms with Crippen LogP contribution in [0.4, 0.5) is 8.78 Å². The summed E-state index contributed by atoms with van der Waals surface area (Å²) >= 11 is 0. The highest BCUT2D eigenvalue weighted by Gasteiger charge is 2.39. The fourth-order valence-electron chi connectivity index (χ4n) is 2.95. The van der Waals surface area contributed by atoms with Gasteiger partial charge in [-0.3, -0.25) is 14.4 Å². The molecular weight excluding hydrogens is 346 g/mol. The number of hydrogen-bond acceptors (Lipinski definition) is 4. The first-order chi connectivity index (χ1) is 12.4. The summed E-state index contributed by atoms with van der Waals surface area (Å²) < 4.78 is 26.6. The minimum Gasteiger partial charge on any atom is -0.355 e. The highest BCUT2D eigenvalue weighted by molar-refractivity contribution is 5.93. The Morgan fingerprint density at radius 3 is 2.65 bits per heavy atom. The van der Waals surface area contributed by atoms with Crippen molar-refractivity contribution in [3.8, 4) is 0 Å². The Hall–Kier alpha value is -2.58. The SMILES string of the molecule is CCCC(=O)N1C[C@H](NC(=O)c2ncc(F)cc2F)C[C@H]1C(=O)NCC. The standard InChI is InChI=1S/C17H22F2N4O3/c1-3-5-14(24)23-9-11(7-13(23)16(25)20-4-2)22-17(26)15-12(19)6-10(18)8-21-15/h6,8,11,13H,3-5,7,9H2,1-2H3,(H,20,25)(H,22,26)/t11-,13+/m1/s1. The van der Waals surface area contributed by atoms with Crippen LogP contribution < -0.4 is 10.6 Å². The van der Waals surface area contributed by atoms with Gasteiger partial charge in [0.25, 0.3) is 5.91 Å². The van der Waals surface area contributed by atoms with Crippen molar-refractivity contribution in [2.24, 2.45) is 0 Å². The van der Waals surface area contributed by atoms with E-state index in [0.717, 1.165) is 6.20 Å². The summed E-state index contributed by atoms with van der Waals surface area (Å²) in [4.78, 5) is 41.6. The maximum Gasteiger partial charge on any atom is 0.273 e. The molecule has 1 aliphatic heterocycles. The number of aromatic nitrogens is 1. The molecule has 1 aromatic heterocycles. The van der Waals surface area contributed by atoms with Crippen molar-refractivity contribution in [1.29, 1.82) is 0 Å². The molecule has 0 unspecified atom stereocenters. The molecule has 1 aromatic rings. The molecule has 2 heterocycles. The number of amides is 3. The Labute approximate surface area is 150 Å². The van der Waals surface area contributed by atoms with Crippen LogP contribution in [0, 0.1) is 11.6 Å². The molecule has 0 saturated carbocycles. The van der Waals surface area contributed by atoms with Crippen LogP contribution in [0.3, 0.4) is 0 Å². The van der Waals surface area contributed by atoms with Gasteiger partial charge in [0.15, 0.2) is 11.5 Å². The molecule has 1 fully saturated rings. The van der Waals surface area contributed by atoms with Gasteiger partial charge in [-0.05, 0) is 19.8 Å². The van der Waals surface area contributed by atoms with Crippen molar-refractivity contribution in [2.75, 3.05) is 13.1 Å². The average Bonchev–Trinajstić information content (AvgIpc) is 2.99. The number of carbonyl (C=O) groups is 3. The molecular formula is C17H22F2N4O3. The second-order valence-corrected chi connectivity index (χ2v) is 6.10. The molecule has 142 valence electrons. The second-order valence-electron chi connectivity index (χ2n) is 6.10. The van der Waals surface area contributed by atoms with E-state index in [-0.39, 0.29) is 24.8 Å². The molecule has 0 spiro atoms. The Kier molecular flexibility index (Phi) is 6.59. The van der Waals surface area contributed by atoms with Crippen molar-refractivity contribution in [1.82, 2.24) is 20.5 Å². The summed E-state index contributed by atoms with van der Waals surface area (Å²) in [6, 6.07) is -0.641. The Morgan fingerprint density at radius 1 is 1.31 bits per heavy atom. The maximum absolute atomic E-state index is 13.7. The van der Waals surface area contributed by atoms with Gasteiger partial charge in [0, 0.05) is 31.6 Å². The van der Waals surface area contributed by atoms with Crippen LogP contribution in [0.15, 0.2) is 12.3 Å². The predicted molar refractivity (Wildman–Crippen MR) is 89.1 cm³/mol. The van der Waals surface area contributed by atoms with E-state index in [1.807, 2.05) is 6.92 Å². The largest absolute Gasteiger partial charge is 0.355 e. The zero-order valence-electron chi connectivity index (χ0n) is 14.7. The van der Waals surface area contributed by atoms with Gasteiger partial charge in [0.2, 0.25) is 11.8 Å². The molecule has 0 aliphatic carbocycles. The summed E-state index contributed by atoms with van der Waals surface area (Å²) in [6.07, 6.45) is 1.90. The number of nitrogens with one attached hydrogen (secondary N) is 2. The van der Waals surface area contributed by atoms with Crippen LogP contribution in [0.2, 0.25) is 0 Å². The van der Waals surface area contributed by atoms with Gasteiger partial charge in [0.05, 0.1) is 6.20 Å². The fourth-order valence-corrected chi connectivity index (χ4v) is 2.95. The number of hydrogen-bond donors (Lipinski definition) is 2. The first kappa shape index (κ1) is 19.7. The lowest BCUT2D eigenvalue weighted by Gasteiger charge is -2.23. The van der Waals surface area contributed by atoms with E-state index in [1.165, 1.54) is 4.90 Å². The molecule has 0 radical (unpaired) electrons. The van der Waals surface area contributed by atoms with Gasteiger partial charge in [-0.25, -0.2) is 13.8 Å². The predicted octanol–water partition coefficient (Wildman–Crippen LogP) is 0.995. The van der Waals surface area contributed by atoms with Gasteiger partial charge in [-0.1, -0.05) is 6.92 Å². The third-order valence-corrected chi connectivity index (χ3v) is 4.10. The van der Waals surface area contributed by atoms with Gasteiger partial charge >= 0.3 is 0 Å². The summed E-state index contributed by atoms with van der Waals surface area (Å²) in [5, 5.41) is 5.25. The van der Waals surface area contributed by atoms with E-state index in [1.54, 1.807) is 6.92 Å². The zero-order valence-corrected chi connectivity index (χ0v) is 14.7. The van der Waals surface area contributed by atoms with Crippen molar-refractivity contribution < 1.29 is 23.2 Å². The van der Waals surface area contributed by atoms with E-state index >= 15 is 0 Å². The fraction of sp³-hybridized carbons (Fsp3) is 0.529. The van der Waals surface area contributed by atoms with Crippen LogP contribution in [0.25, 0.3) is 0 Å². The summed E-state index contributed by atoms with van der Waals surface area (Å²) in [7, 11) is 0. The quantitative estimate of drug-likeness (QED) is 0.784. The first-order valence-electron chi connectivity index (χ1n) is 8.56. The van der Waals surface area contributed by atoms with Gasteiger partial charge in [0.1, 0.15) is 11.9 Å². The van der Waals surface area contributed by atoms with Gasteiger partial charge < -0.3 is 15.5 Å². The van der Waals surface area contributed by atoms with E-state index in [4.69, 9.17) is 0 Å². The molecule has 26 heavy (non-hydrogen) atoms. The van der Waals surface area contributed by atoms with E-state index in [9.17, 15) is 23.2 Å². The summed E-state index contributed by atoms with van der Waals surface area (Å²) in [5.41, 5.74) is -0.528.